The van der Waals surface area contributed by atoms with Gasteiger partial charge in [0.2, 0.25) is 0 Å². The van der Waals surface area contributed by atoms with E-state index in [9.17, 15) is 9.59 Å². The second-order valence-electron chi connectivity index (χ2n) is 7.24. The molecule has 3 aromatic carbocycles. The first-order chi connectivity index (χ1) is 15.0. The molecule has 0 saturated heterocycles. The zero-order valence-electron chi connectivity index (χ0n) is 18.1. The van der Waals surface area contributed by atoms with Crippen molar-refractivity contribution in [1.29, 1.82) is 0 Å². The summed E-state index contributed by atoms with van der Waals surface area (Å²) >= 11 is 0. The quantitative estimate of drug-likeness (QED) is 0.199. The number of rotatable bonds is 8. The first kappa shape index (κ1) is 22.6. The molecule has 0 aliphatic carbocycles. The van der Waals surface area contributed by atoms with Gasteiger partial charge in [-0.3, -0.25) is 9.59 Å². The molecule has 0 atom stereocenters. The van der Waals surface area contributed by atoms with Crippen LogP contribution < -0.4 is 4.74 Å². The number of esters is 2. The van der Waals surface area contributed by atoms with Gasteiger partial charge in [0.15, 0.2) is 14.7 Å². The summed E-state index contributed by atoms with van der Waals surface area (Å²) in [5.74, 6) is -0.0648. The highest BCUT2D eigenvalue weighted by molar-refractivity contribution is 7.97. The normalized spacial score (nSPS) is 10.7. The van der Waals surface area contributed by atoms with Gasteiger partial charge in [0.1, 0.15) is 5.75 Å². The fourth-order valence-electron chi connectivity index (χ4n) is 3.31. The molecule has 0 N–H and O–H groups in total. The fourth-order valence-corrected chi connectivity index (χ4v) is 5.57. The molecule has 0 saturated carbocycles. The van der Waals surface area contributed by atoms with Crippen LogP contribution in [0.15, 0.2) is 87.5 Å². The van der Waals surface area contributed by atoms with E-state index in [1.807, 2.05) is 26.0 Å². The van der Waals surface area contributed by atoms with Crippen LogP contribution in [0.5, 0.6) is 5.75 Å². The van der Waals surface area contributed by atoms with E-state index in [1.165, 1.54) is 21.6 Å². The maximum atomic E-state index is 12.3. The Labute approximate surface area is 186 Å². The number of hydrogen-bond donors (Lipinski definition) is 0. The second kappa shape index (κ2) is 10.8. The van der Waals surface area contributed by atoms with Crippen LogP contribution in [0.4, 0.5) is 0 Å². The first-order valence-electron chi connectivity index (χ1n) is 10.3. The highest BCUT2D eigenvalue weighted by atomic mass is 32.2. The van der Waals surface area contributed by atoms with E-state index >= 15 is 0 Å². The van der Waals surface area contributed by atoms with Gasteiger partial charge in [-0.1, -0.05) is 36.4 Å². The highest BCUT2D eigenvalue weighted by Crippen LogP contribution is 2.35. The molecule has 0 aromatic heterocycles. The Morgan fingerprint density at radius 1 is 0.806 bits per heavy atom. The van der Waals surface area contributed by atoms with Crippen molar-refractivity contribution in [2.24, 2.45) is 0 Å². The van der Waals surface area contributed by atoms with E-state index in [0.717, 1.165) is 11.1 Å². The Morgan fingerprint density at radius 3 is 1.81 bits per heavy atom. The number of aryl methyl sites for hydroxylation is 2. The van der Waals surface area contributed by atoms with Crippen molar-refractivity contribution in [2.45, 2.75) is 48.3 Å². The summed E-state index contributed by atoms with van der Waals surface area (Å²) in [5.41, 5.74) is 1.85. The molecule has 4 nitrogen and oxygen atoms in total. The molecule has 0 amide bonds. The maximum Gasteiger partial charge on any atom is 0.311 e. The Balaban J connectivity index is 1.84. The van der Waals surface area contributed by atoms with Gasteiger partial charge < -0.3 is 9.47 Å². The van der Waals surface area contributed by atoms with Crippen molar-refractivity contribution >= 4 is 22.8 Å². The van der Waals surface area contributed by atoms with Gasteiger partial charge in [0.05, 0.1) is 17.5 Å². The number of carbonyl (C=O) groups excluding carboxylic acids is 2. The third-order valence-electron chi connectivity index (χ3n) is 4.67. The summed E-state index contributed by atoms with van der Waals surface area (Å²) in [5, 5.41) is 0. The van der Waals surface area contributed by atoms with E-state index in [-0.39, 0.29) is 35.9 Å². The highest BCUT2D eigenvalue weighted by Gasteiger charge is 2.29. The average molecular weight is 436 g/mol. The number of ether oxygens (including phenoxy) is 2. The van der Waals surface area contributed by atoms with Gasteiger partial charge in [-0.25, -0.2) is 0 Å². The summed E-state index contributed by atoms with van der Waals surface area (Å²) < 4.78 is 10.5. The molecular weight excluding hydrogens is 408 g/mol. The maximum absolute atomic E-state index is 12.3. The van der Waals surface area contributed by atoms with Gasteiger partial charge >= 0.3 is 11.9 Å². The molecule has 0 aliphatic heterocycles. The third-order valence-corrected chi connectivity index (χ3v) is 6.87. The lowest BCUT2D eigenvalue weighted by atomic mass is 10.1. The number of carbonyl (C=O) groups is 2. The molecule has 160 valence electrons. The summed E-state index contributed by atoms with van der Waals surface area (Å²) in [6.07, 6.45) is 0.645. The monoisotopic (exact) mass is 435 g/mol. The lowest BCUT2D eigenvalue weighted by Crippen LogP contribution is -2.12. The Bertz CT molecular complexity index is 969. The van der Waals surface area contributed by atoms with Gasteiger partial charge in [0, 0.05) is 25.5 Å². The Kier molecular flexibility index (Phi) is 7.90. The van der Waals surface area contributed by atoms with E-state index in [2.05, 4.69) is 60.7 Å². The van der Waals surface area contributed by atoms with Crippen LogP contribution in [-0.2, 0) is 25.2 Å². The van der Waals surface area contributed by atoms with E-state index in [1.54, 1.807) is 0 Å². The number of hydrogen-bond acceptors (Lipinski definition) is 4. The summed E-state index contributed by atoms with van der Waals surface area (Å²) in [7, 11) is -0.256. The van der Waals surface area contributed by atoms with Crippen molar-refractivity contribution in [3.8, 4) is 5.75 Å². The molecule has 0 fully saturated rings. The predicted octanol–water partition coefficient (Wildman–Crippen LogP) is 5.65. The molecule has 0 bridgehead atoms. The fraction of sp³-hybridized carbons (Fsp3) is 0.231. The summed E-state index contributed by atoms with van der Waals surface area (Å²) in [6.45, 7) is 5.51. The molecule has 0 spiro atoms. The zero-order chi connectivity index (χ0) is 22.2. The van der Waals surface area contributed by atoms with Gasteiger partial charge in [-0.05, 0) is 55.7 Å². The van der Waals surface area contributed by atoms with Gasteiger partial charge in [0.25, 0.3) is 0 Å². The standard InChI is InChI=1S/C26H27O4S/c1-19-17-24(18-20(2)26(19)30-25(28)15-10-16-29-21(3)27)31(22-11-6-4-7-12-22)23-13-8-5-9-14-23/h4-9,11-14,17-18H,10,15-16H2,1-3H3/q+1. The summed E-state index contributed by atoms with van der Waals surface area (Å²) in [4.78, 5) is 26.7. The van der Waals surface area contributed by atoms with Crippen LogP contribution in [0.3, 0.4) is 0 Å². The van der Waals surface area contributed by atoms with E-state index < -0.39 is 0 Å². The van der Waals surface area contributed by atoms with E-state index in [0.29, 0.717) is 12.2 Å². The van der Waals surface area contributed by atoms with Crippen molar-refractivity contribution in [3.63, 3.8) is 0 Å². The molecule has 0 aliphatic rings. The molecule has 31 heavy (non-hydrogen) atoms. The molecule has 5 heteroatoms. The second-order valence-corrected chi connectivity index (χ2v) is 9.26. The topological polar surface area (TPSA) is 52.6 Å². The van der Waals surface area contributed by atoms with Crippen LogP contribution in [0, 0.1) is 13.8 Å². The first-order valence-corrected chi connectivity index (χ1v) is 11.5. The molecule has 0 unspecified atom stereocenters. The van der Waals surface area contributed by atoms with Gasteiger partial charge in [-0.2, -0.15) is 0 Å². The lowest BCUT2D eigenvalue weighted by Gasteiger charge is -2.14. The Hall–Kier alpha value is -3.05. The molecule has 3 aromatic rings. The minimum absolute atomic E-state index is 0.201. The van der Waals surface area contributed by atoms with Crippen molar-refractivity contribution in [2.75, 3.05) is 6.61 Å². The van der Waals surface area contributed by atoms with Gasteiger partial charge in [-0.15, -0.1) is 0 Å². The largest absolute Gasteiger partial charge is 0.466 e. The van der Waals surface area contributed by atoms with Crippen molar-refractivity contribution in [1.82, 2.24) is 0 Å². The summed E-state index contributed by atoms with van der Waals surface area (Å²) in [6, 6.07) is 25.1. The minimum atomic E-state index is -0.345. The van der Waals surface area contributed by atoms with Crippen molar-refractivity contribution in [3.05, 3.63) is 83.9 Å². The SMILES string of the molecule is CC(=O)OCCCC(=O)Oc1c(C)cc([S+](c2ccccc2)c2ccccc2)cc1C. The predicted molar refractivity (Wildman–Crippen MR) is 122 cm³/mol. The number of benzene rings is 3. The average Bonchev–Trinajstić information content (AvgIpc) is 2.75. The molecular formula is C26H27O4S+. The molecule has 3 rings (SSSR count). The smallest absolute Gasteiger partial charge is 0.311 e. The third kappa shape index (κ3) is 6.22. The molecule has 0 radical (unpaired) electrons. The zero-order valence-corrected chi connectivity index (χ0v) is 18.9. The van der Waals surface area contributed by atoms with E-state index in [4.69, 9.17) is 9.47 Å². The van der Waals surface area contributed by atoms with Crippen LogP contribution in [0.2, 0.25) is 0 Å². The van der Waals surface area contributed by atoms with Crippen LogP contribution in [0.1, 0.15) is 30.9 Å². The molecule has 0 heterocycles. The van der Waals surface area contributed by atoms with Crippen LogP contribution in [0.25, 0.3) is 0 Å². The van der Waals surface area contributed by atoms with Crippen LogP contribution in [-0.4, -0.2) is 18.5 Å². The van der Waals surface area contributed by atoms with Crippen LogP contribution >= 0.6 is 0 Å². The minimum Gasteiger partial charge on any atom is -0.466 e. The van der Waals surface area contributed by atoms with Crippen molar-refractivity contribution < 1.29 is 19.1 Å². The lowest BCUT2D eigenvalue weighted by molar-refractivity contribution is -0.142. The Morgan fingerprint density at radius 2 is 1.32 bits per heavy atom.